The minimum absolute atomic E-state index is 0.0280. The molecule has 140 valence electrons. The number of nitrogens with one attached hydrogen (secondary N) is 2. The highest BCUT2D eigenvalue weighted by Gasteiger charge is 2.47. The van der Waals surface area contributed by atoms with Crippen molar-refractivity contribution < 1.29 is 14.3 Å². The molecule has 0 radical (unpaired) electrons. The average molecular weight is 369 g/mol. The summed E-state index contributed by atoms with van der Waals surface area (Å²) < 4.78 is 14.3. The number of aryl methyl sites for hydroxylation is 1. The number of nitrogens with zero attached hydrogens (tertiary/aromatic N) is 2. The molecule has 1 heterocycles. The van der Waals surface area contributed by atoms with Gasteiger partial charge < -0.3 is 21.5 Å². The maximum atomic E-state index is 14.3. The number of aromatic nitrogens is 2. The van der Waals surface area contributed by atoms with Crippen LogP contribution in [-0.2, 0) is 4.79 Å². The number of halogens is 1. The van der Waals surface area contributed by atoms with E-state index in [0.717, 1.165) is 12.6 Å². The van der Waals surface area contributed by atoms with Crippen molar-refractivity contribution >= 4 is 23.4 Å². The highest BCUT2D eigenvalue weighted by atomic mass is 19.1. The van der Waals surface area contributed by atoms with Crippen LogP contribution >= 0.6 is 0 Å². The highest BCUT2D eigenvalue weighted by Crippen LogP contribution is 2.44. The Hall–Kier alpha value is -3.16. The van der Waals surface area contributed by atoms with Crippen LogP contribution in [0.15, 0.2) is 36.5 Å². The average Bonchev–Trinajstić information content (AvgIpc) is 3.22. The number of fused-ring (bicyclic) bond motifs is 2. The van der Waals surface area contributed by atoms with E-state index < -0.39 is 11.7 Å². The number of phenols is 1. The number of primary amides is 1. The maximum Gasteiger partial charge on any atom is 0.229 e. The summed E-state index contributed by atoms with van der Waals surface area (Å²) in [6.07, 6.45) is 5.96. The third kappa shape index (κ3) is 3.18. The summed E-state index contributed by atoms with van der Waals surface area (Å²) in [5.41, 5.74) is 6.91. The van der Waals surface area contributed by atoms with E-state index in [1.807, 2.05) is 12.2 Å². The Balaban J connectivity index is 1.56. The summed E-state index contributed by atoms with van der Waals surface area (Å²) >= 11 is 0. The van der Waals surface area contributed by atoms with Gasteiger partial charge in [0.2, 0.25) is 11.9 Å². The molecule has 2 aliphatic rings. The summed E-state index contributed by atoms with van der Waals surface area (Å²) in [7, 11) is 0. The number of allylic oxidation sites excluding steroid dienone is 1. The molecule has 0 aliphatic heterocycles. The van der Waals surface area contributed by atoms with Crippen LogP contribution in [0.2, 0.25) is 0 Å². The van der Waals surface area contributed by atoms with Gasteiger partial charge in [0.15, 0.2) is 11.6 Å². The Morgan fingerprint density at radius 3 is 2.85 bits per heavy atom. The first kappa shape index (κ1) is 17.3. The lowest BCUT2D eigenvalue weighted by Gasteiger charge is -2.27. The third-order valence-electron chi connectivity index (χ3n) is 5.29. The fourth-order valence-electron chi connectivity index (χ4n) is 3.96. The van der Waals surface area contributed by atoms with Crippen LogP contribution < -0.4 is 16.4 Å². The molecule has 4 unspecified atom stereocenters. The van der Waals surface area contributed by atoms with E-state index >= 15 is 0 Å². The molecule has 1 saturated carbocycles. The maximum absolute atomic E-state index is 14.3. The number of amides is 1. The number of rotatable bonds is 5. The minimum Gasteiger partial charge on any atom is -0.508 e. The van der Waals surface area contributed by atoms with Crippen LogP contribution in [0.3, 0.4) is 0 Å². The molecule has 8 heteroatoms. The van der Waals surface area contributed by atoms with Crippen molar-refractivity contribution in [2.75, 3.05) is 10.6 Å². The van der Waals surface area contributed by atoms with Crippen LogP contribution in [0.5, 0.6) is 5.75 Å². The van der Waals surface area contributed by atoms with Gasteiger partial charge in [-0.05, 0) is 48.9 Å². The van der Waals surface area contributed by atoms with Gasteiger partial charge in [-0.2, -0.15) is 4.98 Å². The molecule has 1 aromatic heterocycles. The number of anilines is 3. The Labute approximate surface area is 155 Å². The molecule has 4 atom stereocenters. The van der Waals surface area contributed by atoms with Gasteiger partial charge >= 0.3 is 0 Å². The Morgan fingerprint density at radius 2 is 2.11 bits per heavy atom. The van der Waals surface area contributed by atoms with Crippen LogP contribution in [0.25, 0.3) is 0 Å². The van der Waals surface area contributed by atoms with Gasteiger partial charge in [-0.1, -0.05) is 12.2 Å². The highest BCUT2D eigenvalue weighted by molar-refractivity contribution is 5.79. The minimum atomic E-state index is -0.600. The predicted octanol–water partition coefficient (Wildman–Crippen LogP) is 2.46. The molecule has 0 saturated heterocycles. The van der Waals surface area contributed by atoms with E-state index in [-0.39, 0.29) is 41.3 Å². The zero-order valence-electron chi connectivity index (χ0n) is 14.7. The Morgan fingerprint density at radius 1 is 1.33 bits per heavy atom. The zero-order valence-corrected chi connectivity index (χ0v) is 14.7. The van der Waals surface area contributed by atoms with E-state index in [1.54, 1.807) is 25.1 Å². The van der Waals surface area contributed by atoms with E-state index in [2.05, 4.69) is 20.6 Å². The molecule has 2 aliphatic carbocycles. The van der Waals surface area contributed by atoms with Crippen LogP contribution in [0.4, 0.5) is 21.8 Å². The van der Waals surface area contributed by atoms with Crippen molar-refractivity contribution in [2.24, 2.45) is 23.5 Å². The molecular formula is C19H20FN5O2. The lowest BCUT2D eigenvalue weighted by molar-refractivity contribution is -0.122. The lowest BCUT2D eigenvalue weighted by atomic mass is 9.88. The Kier molecular flexibility index (Phi) is 4.18. The standard InChI is InChI=1S/C19H20FN5O2/c1-9-6-12(4-5-14(9)26)23-19-22-8-13(20)18(25-19)24-16-11-3-2-10(7-11)15(16)17(21)27/h2-6,8,10-11,15-16,26H,7H2,1H3,(H2,21,27)(H2,22,23,24,25). The first-order valence-corrected chi connectivity index (χ1v) is 8.75. The van der Waals surface area contributed by atoms with Crippen LogP contribution in [-0.4, -0.2) is 27.0 Å². The van der Waals surface area contributed by atoms with Gasteiger partial charge in [-0.15, -0.1) is 0 Å². The number of benzene rings is 1. The molecule has 2 aromatic rings. The molecule has 27 heavy (non-hydrogen) atoms. The fraction of sp³-hybridized carbons (Fsp3) is 0.316. The molecule has 1 aromatic carbocycles. The third-order valence-corrected chi connectivity index (χ3v) is 5.29. The van der Waals surface area contributed by atoms with Gasteiger partial charge in [0.05, 0.1) is 12.1 Å². The molecule has 5 N–H and O–H groups in total. The van der Waals surface area contributed by atoms with Crippen molar-refractivity contribution in [3.8, 4) is 5.75 Å². The van der Waals surface area contributed by atoms with Crippen molar-refractivity contribution in [1.29, 1.82) is 0 Å². The van der Waals surface area contributed by atoms with E-state index in [4.69, 9.17) is 5.73 Å². The second-order valence-electron chi connectivity index (χ2n) is 7.06. The summed E-state index contributed by atoms with van der Waals surface area (Å²) in [5, 5.41) is 15.7. The number of hydrogen-bond donors (Lipinski definition) is 4. The van der Waals surface area contributed by atoms with Gasteiger partial charge in [-0.25, -0.2) is 9.37 Å². The van der Waals surface area contributed by atoms with Gasteiger partial charge in [0.25, 0.3) is 0 Å². The quantitative estimate of drug-likeness (QED) is 0.476. The number of hydrogen-bond acceptors (Lipinski definition) is 6. The van der Waals surface area contributed by atoms with Crippen LogP contribution in [0.1, 0.15) is 12.0 Å². The Bertz CT molecular complexity index is 932. The second kappa shape index (κ2) is 6.53. The predicted molar refractivity (Wildman–Crippen MR) is 98.9 cm³/mol. The van der Waals surface area contributed by atoms with E-state index in [0.29, 0.717) is 11.3 Å². The summed E-state index contributed by atoms with van der Waals surface area (Å²) in [4.78, 5) is 20.0. The number of carbonyl (C=O) groups excluding carboxylic acids is 1. The molecule has 2 bridgehead atoms. The first-order valence-electron chi connectivity index (χ1n) is 8.75. The SMILES string of the molecule is Cc1cc(Nc2ncc(F)c(NC3C4C=CC(C4)C3C(N)=O)n2)ccc1O. The monoisotopic (exact) mass is 369 g/mol. The van der Waals surface area contributed by atoms with Gasteiger partial charge in [0.1, 0.15) is 5.75 Å². The number of aromatic hydroxyl groups is 1. The molecule has 1 fully saturated rings. The van der Waals surface area contributed by atoms with E-state index in [1.165, 1.54) is 0 Å². The summed E-state index contributed by atoms with van der Waals surface area (Å²) in [6.45, 7) is 1.77. The van der Waals surface area contributed by atoms with Gasteiger partial charge in [0, 0.05) is 11.7 Å². The van der Waals surface area contributed by atoms with Crippen molar-refractivity contribution in [3.63, 3.8) is 0 Å². The molecule has 7 nitrogen and oxygen atoms in total. The lowest BCUT2D eigenvalue weighted by Crippen LogP contribution is -2.41. The van der Waals surface area contributed by atoms with Crippen molar-refractivity contribution in [2.45, 2.75) is 19.4 Å². The topological polar surface area (TPSA) is 113 Å². The van der Waals surface area contributed by atoms with Crippen molar-refractivity contribution in [1.82, 2.24) is 9.97 Å². The first-order chi connectivity index (χ1) is 12.9. The van der Waals surface area contributed by atoms with E-state index in [9.17, 15) is 14.3 Å². The summed E-state index contributed by atoms with van der Waals surface area (Å²) in [5.74, 6) is -0.742. The molecule has 1 amide bonds. The fourth-order valence-corrected chi connectivity index (χ4v) is 3.96. The second-order valence-corrected chi connectivity index (χ2v) is 7.06. The largest absolute Gasteiger partial charge is 0.508 e. The number of phenolic OH excluding ortho intramolecular Hbond substituents is 1. The van der Waals surface area contributed by atoms with Crippen molar-refractivity contribution in [3.05, 3.63) is 47.9 Å². The zero-order chi connectivity index (χ0) is 19.1. The molecule has 0 spiro atoms. The number of nitrogens with two attached hydrogens (primary N) is 1. The normalized spacial score (nSPS) is 25.6. The molecular weight excluding hydrogens is 349 g/mol. The van der Waals surface area contributed by atoms with Gasteiger partial charge in [-0.3, -0.25) is 4.79 Å². The summed E-state index contributed by atoms with van der Waals surface area (Å²) in [6, 6.07) is 4.68. The van der Waals surface area contributed by atoms with Crippen LogP contribution in [0, 0.1) is 30.5 Å². The smallest absolute Gasteiger partial charge is 0.229 e. The number of carbonyl (C=O) groups is 1. The molecule has 4 rings (SSSR count).